The zero-order valence-electron chi connectivity index (χ0n) is 14.2. The molecule has 5 nitrogen and oxygen atoms in total. The lowest BCUT2D eigenvalue weighted by atomic mass is 9.96. The van der Waals surface area contributed by atoms with Crippen LogP contribution in [0.25, 0.3) is 0 Å². The first kappa shape index (κ1) is 17.3. The molecule has 0 unspecified atom stereocenters. The number of halogens is 1. The number of aryl methyl sites for hydroxylation is 1. The molecule has 0 amide bonds. The lowest BCUT2D eigenvalue weighted by molar-refractivity contribution is 0.127. The van der Waals surface area contributed by atoms with Crippen molar-refractivity contribution in [2.24, 2.45) is 0 Å². The van der Waals surface area contributed by atoms with Gasteiger partial charge in [0, 0.05) is 56.0 Å². The fourth-order valence-electron chi connectivity index (χ4n) is 3.13. The van der Waals surface area contributed by atoms with Gasteiger partial charge in [-0.25, -0.2) is 0 Å². The number of hydrogen-bond donors (Lipinski definition) is 0. The molecule has 1 aliphatic heterocycles. The zero-order chi connectivity index (χ0) is 16.9. The first-order chi connectivity index (χ1) is 11.7. The van der Waals surface area contributed by atoms with Crippen molar-refractivity contribution >= 4 is 11.6 Å². The minimum atomic E-state index is 0.370. The maximum Gasteiger partial charge on any atom is 0.119 e. The van der Waals surface area contributed by atoms with Crippen LogP contribution in [0.5, 0.6) is 5.75 Å². The largest absolute Gasteiger partial charge is 0.492 e. The minimum absolute atomic E-state index is 0.370. The molecule has 130 valence electrons. The zero-order valence-corrected chi connectivity index (χ0v) is 15.0. The Kier molecular flexibility index (Phi) is 5.76. The van der Waals surface area contributed by atoms with Crippen molar-refractivity contribution < 1.29 is 9.47 Å². The molecule has 3 rings (SSSR count). The Balaban J connectivity index is 1.59. The van der Waals surface area contributed by atoms with Gasteiger partial charge in [-0.3, -0.25) is 9.58 Å². The van der Waals surface area contributed by atoms with Crippen LogP contribution < -0.4 is 4.74 Å². The van der Waals surface area contributed by atoms with E-state index in [2.05, 4.69) is 18.0 Å². The van der Waals surface area contributed by atoms with Gasteiger partial charge in [-0.2, -0.15) is 5.10 Å². The van der Waals surface area contributed by atoms with E-state index < -0.39 is 0 Å². The molecule has 6 heteroatoms. The molecular formula is C18H24ClN3O2. The quantitative estimate of drug-likeness (QED) is 0.769. The second-order valence-electron chi connectivity index (χ2n) is 6.08. The van der Waals surface area contributed by atoms with Gasteiger partial charge in [-0.05, 0) is 31.2 Å². The topological polar surface area (TPSA) is 39.5 Å². The van der Waals surface area contributed by atoms with Crippen LogP contribution in [0.1, 0.15) is 24.1 Å². The number of hydrogen-bond acceptors (Lipinski definition) is 4. The number of benzene rings is 1. The van der Waals surface area contributed by atoms with Crippen molar-refractivity contribution in [3.05, 3.63) is 46.7 Å². The highest BCUT2D eigenvalue weighted by Crippen LogP contribution is 2.27. The van der Waals surface area contributed by atoms with Crippen LogP contribution in [0.15, 0.2) is 30.5 Å². The highest BCUT2D eigenvalue weighted by atomic mass is 35.5. The van der Waals surface area contributed by atoms with Crippen LogP contribution in [-0.4, -0.2) is 48.1 Å². The lowest BCUT2D eigenvalue weighted by Gasteiger charge is -2.31. The molecule has 0 N–H and O–H groups in total. The van der Waals surface area contributed by atoms with E-state index in [1.165, 1.54) is 5.56 Å². The van der Waals surface area contributed by atoms with E-state index in [9.17, 15) is 0 Å². The first-order valence-corrected chi connectivity index (χ1v) is 8.73. The van der Waals surface area contributed by atoms with E-state index in [1.54, 1.807) is 7.11 Å². The van der Waals surface area contributed by atoms with Crippen molar-refractivity contribution in [2.75, 3.05) is 33.4 Å². The second-order valence-corrected chi connectivity index (χ2v) is 6.51. The normalized spacial score (nSPS) is 17.7. The molecule has 1 aromatic heterocycles. The summed E-state index contributed by atoms with van der Waals surface area (Å²) in [6.45, 7) is 7.07. The van der Waals surface area contributed by atoms with E-state index in [4.69, 9.17) is 26.2 Å². The molecule has 2 aromatic rings. The van der Waals surface area contributed by atoms with Gasteiger partial charge in [0.05, 0.1) is 12.3 Å². The summed E-state index contributed by atoms with van der Waals surface area (Å²) in [5.41, 5.74) is 2.49. The Morgan fingerprint density at radius 1 is 1.29 bits per heavy atom. The van der Waals surface area contributed by atoms with Crippen molar-refractivity contribution in [3.8, 4) is 5.75 Å². The molecule has 0 radical (unpaired) electrons. The van der Waals surface area contributed by atoms with E-state index in [1.807, 2.05) is 28.9 Å². The second kappa shape index (κ2) is 8.01. The van der Waals surface area contributed by atoms with E-state index in [0.29, 0.717) is 12.5 Å². The summed E-state index contributed by atoms with van der Waals surface area (Å²) in [6.07, 6.45) is 2.17. The number of rotatable bonds is 7. The molecule has 1 aliphatic rings. The number of aromatic nitrogens is 2. The molecule has 0 aliphatic carbocycles. The van der Waals surface area contributed by atoms with Gasteiger partial charge in [-0.1, -0.05) is 11.6 Å². The van der Waals surface area contributed by atoms with Gasteiger partial charge < -0.3 is 9.47 Å². The Hall–Kier alpha value is -1.56. The van der Waals surface area contributed by atoms with Crippen LogP contribution in [-0.2, 0) is 17.8 Å². The predicted molar refractivity (Wildman–Crippen MR) is 94.7 cm³/mol. The van der Waals surface area contributed by atoms with Crippen LogP contribution >= 0.6 is 11.6 Å². The van der Waals surface area contributed by atoms with Crippen LogP contribution in [0.3, 0.4) is 0 Å². The molecule has 0 bridgehead atoms. The molecule has 2 heterocycles. The van der Waals surface area contributed by atoms with Gasteiger partial charge in [0.1, 0.15) is 12.4 Å². The van der Waals surface area contributed by atoms with Crippen molar-refractivity contribution in [2.45, 2.75) is 25.9 Å². The van der Waals surface area contributed by atoms with Crippen LogP contribution in [0.4, 0.5) is 0 Å². The molecule has 0 spiro atoms. The number of methoxy groups -OCH3 is 1. The Bertz CT molecular complexity index is 657. The monoisotopic (exact) mass is 349 g/mol. The smallest absolute Gasteiger partial charge is 0.119 e. The van der Waals surface area contributed by atoms with Gasteiger partial charge in [0.15, 0.2) is 0 Å². The number of nitrogens with zero attached hydrogens (tertiary/aromatic N) is 3. The third-order valence-corrected chi connectivity index (χ3v) is 4.60. The standard InChI is InChI=1S/C18H24ClN3O2/c1-3-22-11-17-14(13-23-2)10-21(12-18(17)20-22)8-9-24-16-6-4-15(19)5-7-16/h4-7,11,14H,3,8-10,12-13H2,1-2H3/t14-/m1/s1. The SMILES string of the molecule is CCn1cc2c(n1)CN(CCOc1ccc(Cl)cc1)C[C@@H]2COC. The molecule has 24 heavy (non-hydrogen) atoms. The van der Waals surface area contributed by atoms with Crippen molar-refractivity contribution in [1.29, 1.82) is 0 Å². The highest BCUT2D eigenvalue weighted by molar-refractivity contribution is 6.30. The summed E-state index contributed by atoms with van der Waals surface area (Å²) in [5, 5.41) is 5.41. The summed E-state index contributed by atoms with van der Waals surface area (Å²) < 4.78 is 13.2. The maximum atomic E-state index is 5.89. The molecule has 0 saturated heterocycles. The fourth-order valence-corrected chi connectivity index (χ4v) is 3.25. The Labute approximate surface area is 148 Å². The maximum absolute atomic E-state index is 5.89. The molecule has 1 aromatic carbocycles. The summed E-state index contributed by atoms with van der Waals surface area (Å²) in [6, 6.07) is 7.48. The fraction of sp³-hybridized carbons (Fsp3) is 0.500. The number of ether oxygens (including phenoxy) is 2. The molecule has 0 saturated carbocycles. The molecule has 0 fully saturated rings. The average molecular weight is 350 g/mol. The van der Waals surface area contributed by atoms with E-state index >= 15 is 0 Å². The molecule has 1 atom stereocenters. The van der Waals surface area contributed by atoms with E-state index in [-0.39, 0.29) is 0 Å². The van der Waals surface area contributed by atoms with Crippen LogP contribution in [0.2, 0.25) is 5.02 Å². The summed E-state index contributed by atoms with van der Waals surface area (Å²) in [7, 11) is 1.76. The van der Waals surface area contributed by atoms with Gasteiger partial charge in [-0.15, -0.1) is 0 Å². The first-order valence-electron chi connectivity index (χ1n) is 8.35. The summed E-state index contributed by atoms with van der Waals surface area (Å²) in [5.74, 6) is 1.22. The third-order valence-electron chi connectivity index (χ3n) is 4.34. The predicted octanol–water partition coefficient (Wildman–Crippen LogP) is 3.18. The third kappa shape index (κ3) is 4.09. The summed E-state index contributed by atoms with van der Waals surface area (Å²) >= 11 is 5.89. The van der Waals surface area contributed by atoms with Gasteiger partial charge in [0.2, 0.25) is 0 Å². The molecular weight excluding hydrogens is 326 g/mol. The Morgan fingerprint density at radius 3 is 2.79 bits per heavy atom. The van der Waals surface area contributed by atoms with Crippen molar-refractivity contribution in [3.63, 3.8) is 0 Å². The van der Waals surface area contributed by atoms with Gasteiger partial charge >= 0.3 is 0 Å². The lowest BCUT2D eigenvalue weighted by Crippen LogP contribution is -2.37. The highest BCUT2D eigenvalue weighted by Gasteiger charge is 2.28. The Morgan fingerprint density at radius 2 is 2.08 bits per heavy atom. The average Bonchev–Trinajstić information content (AvgIpc) is 3.00. The van der Waals surface area contributed by atoms with Crippen LogP contribution in [0, 0.1) is 0 Å². The minimum Gasteiger partial charge on any atom is -0.492 e. The summed E-state index contributed by atoms with van der Waals surface area (Å²) in [4.78, 5) is 2.38. The van der Waals surface area contributed by atoms with Crippen molar-refractivity contribution in [1.82, 2.24) is 14.7 Å². The number of fused-ring (bicyclic) bond motifs is 1. The van der Waals surface area contributed by atoms with E-state index in [0.717, 1.165) is 49.3 Å². The van der Waals surface area contributed by atoms with Gasteiger partial charge in [0.25, 0.3) is 0 Å².